The molecule has 5 rings (SSSR count). The van der Waals surface area contributed by atoms with Crippen molar-refractivity contribution < 1.29 is 23.7 Å². The lowest BCUT2D eigenvalue weighted by Crippen LogP contribution is -2.35. The Hall–Kier alpha value is -4.57. The number of hydrogen-bond acceptors (Lipinski definition) is 8. The highest BCUT2D eigenvalue weighted by Crippen LogP contribution is 2.39. The van der Waals surface area contributed by atoms with Gasteiger partial charge >= 0.3 is 0 Å². The van der Waals surface area contributed by atoms with Crippen molar-refractivity contribution in [1.82, 2.24) is 5.01 Å². The van der Waals surface area contributed by atoms with Crippen molar-refractivity contribution in [3.8, 4) is 23.0 Å². The summed E-state index contributed by atoms with van der Waals surface area (Å²) in [5.74, 6) is 1.47. The highest BCUT2D eigenvalue weighted by Gasteiger charge is 2.35. The maximum atomic E-state index is 12.9. The number of aryl methyl sites for hydroxylation is 2. The molecule has 2 aliphatic heterocycles. The molecule has 2 heterocycles. The smallest absolute Gasteiger partial charge is 0.283 e. The molecule has 0 fully saturated rings. The quantitative estimate of drug-likeness (QED) is 0.248. The molecule has 0 spiro atoms. The number of nitrogens with zero attached hydrogens (tertiary/aromatic N) is 3. The summed E-state index contributed by atoms with van der Waals surface area (Å²) in [5.41, 5.74) is 4.15. The van der Waals surface area contributed by atoms with Gasteiger partial charge in [-0.3, -0.25) is 10.2 Å². The van der Waals surface area contributed by atoms with Crippen molar-refractivity contribution in [2.45, 2.75) is 20.3 Å². The molecule has 210 valence electrons. The third-order valence-corrected chi connectivity index (χ3v) is 7.47. The van der Waals surface area contributed by atoms with Crippen molar-refractivity contribution in [2.24, 2.45) is 10.1 Å². The highest BCUT2D eigenvalue weighted by atomic mass is 32.2. The summed E-state index contributed by atoms with van der Waals surface area (Å²) in [5, 5.41) is 15.8. The molecule has 41 heavy (non-hydrogen) atoms. The third-order valence-electron chi connectivity index (χ3n) is 6.57. The molecule has 3 aromatic carbocycles. The van der Waals surface area contributed by atoms with Crippen LogP contribution in [0.4, 0.5) is 0 Å². The molecular weight excluding hydrogens is 540 g/mol. The fourth-order valence-corrected chi connectivity index (χ4v) is 5.19. The van der Waals surface area contributed by atoms with Gasteiger partial charge in [-0.15, -0.1) is 0 Å². The minimum absolute atomic E-state index is 0.0442. The molecule has 0 radical (unpaired) electrons. The predicted octanol–water partition coefficient (Wildman–Crippen LogP) is 5.64. The van der Waals surface area contributed by atoms with E-state index in [1.807, 2.05) is 55.5 Å². The lowest BCUT2D eigenvalue weighted by atomic mass is 10.1. The van der Waals surface area contributed by atoms with Gasteiger partial charge in [0.1, 0.15) is 24.0 Å². The number of aliphatic imine (C=N–C) groups is 1. The summed E-state index contributed by atoms with van der Waals surface area (Å²) in [4.78, 5) is 17.1. The van der Waals surface area contributed by atoms with E-state index in [9.17, 15) is 4.79 Å². The second kappa shape index (κ2) is 12.3. The van der Waals surface area contributed by atoms with Crippen LogP contribution in [0.25, 0.3) is 6.08 Å². The predicted molar refractivity (Wildman–Crippen MR) is 162 cm³/mol. The van der Waals surface area contributed by atoms with Crippen LogP contribution in [0.15, 0.2) is 76.3 Å². The minimum Gasteiger partial charge on any atom is -0.493 e. The molecule has 0 aromatic heterocycles. The lowest BCUT2D eigenvalue weighted by Gasteiger charge is -2.20. The first-order chi connectivity index (χ1) is 19.9. The van der Waals surface area contributed by atoms with Crippen molar-refractivity contribution in [3.63, 3.8) is 0 Å². The monoisotopic (exact) mass is 570 g/mol. The van der Waals surface area contributed by atoms with Crippen molar-refractivity contribution in [3.05, 3.63) is 88.5 Å². The Balaban J connectivity index is 1.31. The van der Waals surface area contributed by atoms with Gasteiger partial charge in [-0.05, 0) is 78.2 Å². The summed E-state index contributed by atoms with van der Waals surface area (Å²) < 4.78 is 23.0. The summed E-state index contributed by atoms with van der Waals surface area (Å²) in [7, 11) is 3.05. The van der Waals surface area contributed by atoms with E-state index in [1.165, 1.54) is 36.6 Å². The van der Waals surface area contributed by atoms with Crippen LogP contribution in [0.5, 0.6) is 23.0 Å². The van der Waals surface area contributed by atoms with Crippen LogP contribution in [0.2, 0.25) is 0 Å². The Bertz CT molecular complexity index is 1560. The van der Waals surface area contributed by atoms with Gasteiger partial charge < -0.3 is 18.9 Å². The molecule has 10 heteroatoms. The fraction of sp³-hybridized carbons (Fsp3) is 0.226. The maximum absolute atomic E-state index is 12.9. The number of hydrazone groups is 1. The molecule has 1 amide bonds. The molecule has 3 aromatic rings. The van der Waals surface area contributed by atoms with Crippen molar-refractivity contribution >= 4 is 39.8 Å². The normalized spacial score (nSPS) is 15.4. The second-order valence-corrected chi connectivity index (χ2v) is 10.4. The Morgan fingerprint density at radius 3 is 2.32 bits per heavy atom. The van der Waals surface area contributed by atoms with Crippen LogP contribution in [0.1, 0.15) is 22.3 Å². The van der Waals surface area contributed by atoms with E-state index in [1.54, 1.807) is 18.2 Å². The molecule has 0 aliphatic carbocycles. The Labute approximate surface area is 243 Å². The lowest BCUT2D eigenvalue weighted by molar-refractivity contribution is -0.114. The second-order valence-electron chi connectivity index (χ2n) is 9.37. The number of thioether (sulfide) groups is 1. The van der Waals surface area contributed by atoms with Crippen LogP contribution in [0, 0.1) is 19.3 Å². The first-order valence-electron chi connectivity index (χ1n) is 13.0. The molecule has 2 aliphatic rings. The number of nitrogens with one attached hydrogen (secondary N) is 1. The van der Waals surface area contributed by atoms with Crippen LogP contribution in [0.3, 0.4) is 0 Å². The first kappa shape index (κ1) is 28.0. The maximum Gasteiger partial charge on any atom is 0.283 e. The minimum atomic E-state index is -0.508. The Morgan fingerprint density at radius 2 is 1.63 bits per heavy atom. The topological polar surface area (TPSA) is 106 Å². The van der Waals surface area contributed by atoms with E-state index in [0.717, 1.165) is 21.9 Å². The van der Waals surface area contributed by atoms with E-state index in [-0.39, 0.29) is 18.0 Å². The van der Waals surface area contributed by atoms with Gasteiger partial charge in [0.2, 0.25) is 10.9 Å². The van der Waals surface area contributed by atoms with Crippen LogP contribution >= 0.6 is 11.8 Å². The average molecular weight is 571 g/mol. The standard InChI is InChI=1S/C31H30N4O5S/c1-19-10-11-23(14-20(19)2)39-12-13-40-28-25(37-3)16-22(17-26(28)38-4)15-24-29(32)35-31(33-30(24)36)41-27(34-35)18-21-8-6-5-7-9-21/h5-11,14-17,32H,12-13,18H2,1-4H3/b24-15+,32-29?. The van der Waals surface area contributed by atoms with Gasteiger partial charge in [-0.1, -0.05) is 36.4 Å². The van der Waals surface area contributed by atoms with E-state index in [4.69, 9.17) is 24.4 Å². The van der Waals surface area contributed by atoms with E-state index in [2.05, 4.69) is 17.0 Å². The summed E-state index contributed by atoms with van der Waals surface area (Å²) in [6, 6.07) is 19.3. The number of carbonyl (C=O) groups is 1. The molecule has 0 atom stereocenters. The zero-order valence-corrected chi connectivity index (χ0v) is 24.1. The number of rotatable bonds is 10. The summed E-state index contributed by atoms with van der Waals surface area (Å²) in [6.07, 6.45) is 2.17. The Morgan fingerprint density at radius 1 is 0.927 bits per heavy atom. The van der Waals surface area contributed by atoms with Crippen LogP contribution in [-0.2, 0) is 11.2 Å². The van der Waals surface area contributed by atoms with Gasteiger partial charge in [0.15, 0.2) is 17.3 Å². The van der Waals surface area contributed by atoms with Gasteiger partial charge in [-0.2, -0.15) is 15.1 Å². The molecule has 0 saturated carbocycles. The number of fused-ring (bicyclic) bond motifs is 1. The molecule has 0 bridgehead atoms. The molecular formula is C31H30N4O5S. The zero-order valence-electron chi connectivity index (χ0n) is 23.3. The average Bonchev–Trinajstić information content (AvgIpc) is 3.37. The van der Waals surface area contributed by atoms with Crippen LogP contribution < -0.4 is 18.9 Å². The third kappa shape index (κ3) is 6.28. The molecule has 0 unspecified atom stereocenters. The van der Waals surface area contributed by atoms with E-state index < -0.39 is 5.91 Å². The number of amides is 1. The van der Waals surface area contributed by atoms with Gasteiger partial charge in [0.25, 0.3) is 5.91 Å². The highest BCUT2D eigenvalue weighted by molar-refractivity contribution is 8.26. The van der Waals surface area contributed by atoms with E-state index in [0.29, 0.717) is 41.0 Å². The van der Waals surface area contributed by atoms with Gasteiger partial charge in [0, 0.05) is 6.42 Å². The Kier molecular flexibility index (Phi) is 8.39. The number of ether oxygens (including phenoxy) is 4. The largest absolute Gasteiger partial charge is 0.493 e. The SMILES string of the molecule is COc1cc(/C=C2\C(=N)N3N=C(Cc4ccccc4)SC3=NC2=O)cc(OC)c1OCCOc1ccc(C)c(C)c1. The summed E-state index contributed by atoms with van der Waals surface area (Å²) in [6.45, 7) is 4.68. The number of hydrogen-bond donors (Lipinski definition) is 1. The van der Waals surface area contributed by atoms with Crippen LogP contribution in [-0.4, -0.2) is 54.4 Å². The number of carbonyl (C=O) groups excluding carboxylic acids is 1. The number of benzene rings is 3. The van der Waals surface area contributed by atoms with Crippen molar-refractivity contribution in [1.29, 1.82) is 5.41 Å². The number of amidine groups is 2. The first-order valence-corrected chi connectivity index (χ1v) is 13.8. The number of methoxy groups -OCH3 is 2. The van der Waals surface area contributed by atoms with Gasteiger partial charge in [0.05, 0.1) is 19.8 Å². The summed E-state index contributed by atoms with van der Waals surface area (Å²) >= 11 is 1.30. The molecule has 0 saturated heterocycles. The molecule has 1 N–H and O–H groups in total. The molecule has 9 nitrogen and oxygen atoms in total. The fourth-order valence-electron chi connectivity index (χ4n) is 4.27. The zero-order chi connectivity index (χ0) is 28.9. The van der Waals surface area contributed by atoms with E-state index >= 15 is 0 Å². The van der Waals surface area contributed by atoms with Crippen molar-refractivity contribution in [2.75, 3.05) is 27.4 Å². The van der Waals surface area contributed by atoms with Gasteiger partial charge in [-0.25, -0.2) is 0 Å².